The quantitative estimate of drug-likeness (QED) is 0.0471. The number of unbranched alkanes of at least 4 members (excludes halogenated alkanes) is 37. The minimum Gasteiger partial charge on any atom is -0.234 e. The largest absolute Gasteiger partial charge is 0.256 e. The summed E-state index contributed by atoms with van der Waals surface area (Å²) in [6.07, 6.45) is 63.8. The van der Waals surface area contributed by atoms with Gasteiger partial charge in [0.25, 0.3) is 5.82 Å². The summed E-state index contributed by atoms with van der Waals surface area (Å²) in [5.74, 6) is 1.63. The van der Waals surface area contributed by atoms with E-state index in [1.54, 1.807) is 5.82 Å². The van der Waals surface area contributed by atoms with Crippen molar-refractivity contribution in [2.24, 2.45) is 0 Å². The van der Waals surface area contributed by atoms with Crippen molar-refractivity contribution in [2.45, 2.75) is 297 Å². The molecule has 0 aliphatic carbocycles. The zero-order valence-corrected chi connectivity index (χ0v) is 36.0. The smallest absolute Gasteiger partial charge is 0.234 e. The average Bonchev–Trinajstić information content (AvgIpc) is 3.53. The second kappa shape index (κ2) is 40.4. The predicted molar refractivity (Wildman–Crippen MR) is 230 cm³/mol. The highest BCUT2D eigenvalue weighted by atomic mass is 15.1. The molecule has 0 fully saturated rings. The Labute approximate surface area is 323 Å². The van der Waals surface area contributed by atoms with Gasteiger partial charge in [-0.3, -0.25) is 0 Å². The summed E-state index contributed by atoms with van der Waals surface area (Å²) >= 11 is 0. The molecular weight excluding hydrogens is 617 g/mol. The molecule has 1 heterocycles. The third-order valence-corrected chi connectivity index (χ3v) is 11.8. The predicted octanol–water partition coefficient (Wildman–Crippen LogP) is 17.0. The van der Waals surface area contributed by atoms with Crippen LogP contribution in [0.1, 0.15) is 283 Å². The van der Waals surface area contributed by atoms with E-state index in [2.05, 4.69) is 42.3 Å². The molecule has 0 N–H and O–H groups in total. The number of nitrogens with zero attached hydrogens (tertiary/aromatic N) is 2. The Kier molecular flexibility index (Phi) is 38.2. The van der Waals surface area contributed by atoms with Crippen LogP contribution in [0.2, 0.25) is 0 Å². The van der Waals surface area contributed by atoms with Crippen LogP contribution in [0.3, 0.4) is 0 Å². The minimum atomic E-state index is 1.23. The van der Waals surface area contributed by atoms with Crippen molar-refractivity contribution < 1.29 is 4.57 Å². The van der Waals surface area contributed by atoms with Crippen molar-refractivity contribution in [2.75, 3.05) is 0 Å². The molecule has 1 aromatic rings. The van der Waals surface area contributed by atoms with E-state index in [4.69, 9.17) is 0 Å². The van der Waals surface area contributed by atoms with E-state index in [-0.39, 0.29) is 0 Å². The van der Waals surface area contributed by atoms with Gasteiger partial charge in [-0.2, -0.15) is 0 Å². The van der Waals surface area contributed by atoms with Crippen molar-refractivity contribution in [3.05, 3.63) is 18.2 Å². The van der Waals surface area contributed by atoms with Crippen molar-refractivity contribution in [3.63, 3.8) is 0 Å². The number of rotatable bonds is 43. The number of aryl methyl sites for hydroxylation is 2. The van der Waals surface area contributed by atoms with Crippen LogP contribution in [0, 0.1) is 0 Å². The second-order valence-electron chi connectivity index (χ2n) is 16.9. The molecule has 2 heteroatoms. The van der Waals surface area contributed by atoms with Gasteiger partial charge in [0.05, 0.1) is 13.1 Å². The molecule has 0 aliphatic heterocycles. The van der Waals surface area contributed by atoms with Gasteiger partial charge in [-0.05, 0) is 32.1 Å². The molecule has 1 rings (SSSR count). The van der Waals surface area contributed by atoms with Crippen LogP contribution >= 0.6 is 0 Å². The van der Waals surface area contributed by atoms with Crippen molar-refractivity contribution in [3.8, 4) is 0 Å². The van der Waals surface area contributed by atoms with E-state index in [0.29, 0.717) is 0 Å². The Morgan fingerprint density at radius 2 is 0.608 bits per heavy atom. The van der Waals surface area contributed by atoms with Gasteiger partial charge in [-0.25, -0.2) is 9.13 Å². The lowest BCUT2D eigenvalue weighted by atomic mass is 10.0. The lowest BCUT2D eigenvalue weighted by Crippen LogP contribution is -2.37. The zero-order chi connectivity index (χ0) is 36.6. The molecular formula is C49H97N2+. The lowest BCUT2D eigenvalue weighted by molar-refractivity contribution is -0.704. The van der Waals surface area contributed by atoms with E-state index >= 15 is 0 Å². The van der Waals surface area contributed by atoms with Crippen LogP contribution in [0.5, 0.6) is 0 Å². The Morgan fingerprint density at radius 1 is 0.333 bits per heavy atom. The van der Waals surface area contributed by atoms with Gasteiger partial charge in [-0.15, -0.1) is 0 Å². The van der Waals surface area contributed by atoms with Gasteiger partial charge in [0.15, 0.2) is 0 Å². The van der Waals surface area contributed by atoms with Gasteiger partial charge in [-0.1, -0.05) is 245 Å². The summed E-state index contributed by atoms with van der Waals surface area (Å²) in [5, 5.41) is 0. The van der Waals surface area contributed by atoms with Crippen LogP contribution in [-0.4, -0.2) is 4.57 Å². The van der Waals surface area contributed by atoms with E-state index in [1.165, 1.54) is 276 Å². The average molecular weight is 714 g/mol. The third-order valence-electron chi connectivity index (χ3n) is 11.8. The van der Waals surface area contributed by atoms with Crippen molar-refractivity contribution >= 4 is 0 Å². The highest BCUT2D eigenvalue weighted by Crippen LogP contribution is 2.17. The van der Waals surface area contributed by atoms with E-state index < -0.39 is 0 Å². The molecule has 0 saturated heterocycles. The number of aromatic nitrogens is 2. The van der Waals surface area contributed by atoms with E-state index in [9.17, 15) is 0 Å². The number of hydrogen-bond acceptors (Lipinski definition) is 0. The Balaban J connectivity index is 2.22. The topological polar surface area (TPSA) is 8.81 Å². The maximum Gasteiger partial charge on any atom is 0.256 e. The fourth-order valence-electron chi connectivity index (χ4n) is 8.27. The summed E-state index contributed by atoms with van der Waals surface area (Å²) in [4.78, 5) is 0. The maximum absolute atomic E-state index is 2.65. The summed E-state index contributed by atoms with van der Waals surface area (Å²) in [5.41, 5.74) is 0. The second-order valence-corrected chi connectivity index (χ2v) is 16.9. The fourth-order valence-corrected chi connectivity index (χ4v) is 8.27. The van der Waals surface area contributed by atoms with Crippen molar-refractivity contribution in [1.82, 2.24) is 4.57 Å². The number of hydrogen-bond donors (Lipinski definition) is 0. The lowest BCUT2D eigenvalue weighted by Gasteiger charge is -2.07. The fraction of sp³-hybridized carbons (Fsp3) is 0.939. The molecule has 0 radical (unpaired) electrons. The first-order valence-electron chi connectivity index (χ1n) is 24.4. The van der Waals surface area contributed by atoms with Gasteiger partial charge in [0, 0.05) is 6.42 Å². The van der Waals surface area contributed by atoms with Crippen LogP contribution in [0.15, 0.2) is 12.4 Å². The van der Waals surface area contributed by atoms with Crippen LogP contribution in [-0.2, 0) is 19.5 Å². The highest BCUT2D eigenvalue weighted by molar-refractivity contribution is 4.84. The maximum atomic E-state index is 2.65. The molecule has 0 aliphatic rings. The molecule has 0 bridgehead atoms. The molecule has 302 valence electrons. The SMILES string of the molecule is CCCCCCCCCCCCCCCCCCC[n+]1ccn(CCCCCCCCCCC)c1CCCCCCCCCCCCCCCC. The third kappa shape index (κ3) is 32.4. The van der Waals surface area contributed by atoms with Crippen LogP contribution in [0.25, 0.3) is 0 Å². The van der Waals surface area contributed by atoms with E-state index in [1.807, 2.05) is 0 Å². The molecule has 0 amide bonds. The van der Waals surface area contributed by atoms with Gasteiger partial charge >= 0.3 is 0 Å². The standard InChI is InChI=1S/C49H97N2/c1-4-7-10-13-16-19-21-23-25-26-27-29-31-34-37-40-43-46-51-48-47-50(45-42-39-36-33-18-15-12-9-6-3)49(51)44-41-38-35-32-30-28-24-22-20-17-14-11-8-5-2/h47-48H,4-46H2,1-3H3/q+1. The molecule has 0 spiro atoms. The monoisotopic (exact) mass is 714 g/mol. The van der Waals surface area contributed by atoms with Crippen molar-refractivity contribution in [1.29, 1.82) is 0 Å². The molecule has 2 nitrogen and oxygen atoms in total. The zero-order valence-electron chi connectivity index (χ0n) is 36.0. The van der Waals surface area contributed by atoms with Gasteiger partial charge in [0.2, 0.25) is 0 Å². The van der Waals surface area contributed by atoms with Crippen LogP contribution < -0.4 is 4.57 Å². The minimum absolute atomic E-state index is 1.23. The summed E-state index contributed by atoms with van der Waals surface area (Å²) < 4.78 is 5.30. The normalized spacial score (nSPS) is 11.7. The summed E-state index contributed by atoms with van der Waals surface area (Å²) in [6.45, 7) is 9.42. The Hall–Kier alpha value is -0.790. The summed E-state index contributed by atoms with van der Waals surface area (Å²) in [7, 11) is 0. The molecule has 1 aromatic heterocycles. The van der Waals surface area contributed by atoms with Crippen LogP contribution in [0.4, 0.5) is 0 Å². The first-order valence-corrected chi connectivity index (χ1v) is 24.4. The number of imidazole rings is 1. The molecule has 0 aromatic carbocycles. The van der Waals surface area contributed by atoms with Gasteiger partial charge < -0.3 is 0 Å². The first-order chi connectivity index (χ1) is 25.3. The molecule has 0 atom stereocenters. The van der Waals surface area contributed by atoms with Gasteiger partial charge in [0.1, 0.15) is 12.4 Å². The summed E-state index contributed by atoms with van der Waals surface area (Å²) in [6, 6.07) is 0. The highest BCUT2D eigenvalue weighted by Gasteiger charge is 2.16. The molecule has 0 saturated carbocycles. The Bertz CT molecular complexity index is 781. The molecule has 0 unspecified atom stereocenters. The molecule has 51 heavy (non-hydrogen) atoms. The Morgan fingerprint density at radius 3 is 0.941 bits per heavy atom. The first kappa shape index (κ1) is 48.2. The van der Waals surface area contributed by atoms with E-state index in [0.717, 1.165) is 0 Å².